The number of rotatable bonds is 13. The first kappa shape index (κ1) is 31.7. The highest BCUT2D eigenvalue weighted by molar-refractivity contribution is 8.13. The largest absolute Gasteiger partial charge is 0.517 e. The van der Waals surface area contributed by atoms with Gasteiger partial charge in [0.15, 0.2) is 5.12 Å². The summed E-state index contributed by atoms with van der Waals surface area (Å²) in [5, 5.41) is 1.32. The van der Waals surface area contributed by atoms with Gasteiger partial charge in [0.05, 0.1) is 0 Å². The Balaban J connectivity index is 2.36. The third-order valence-electron chi connectivity index (χ3n) is 6.76. The summed E-state index contributed by atoms with van der Waals surface area (Å²) in [6.07, 6.45) is 6.42. The summed E-state index contributed by atoms with van der Waals surface area (Å²) in [4.78, 5) is 13.6. The van der Waals surface area contributed by atoms with Crippen molar-refractivity contribution in [2.75, 3.05) is 6.61 Å². The van der Waals surface area contributed by atoms with Crippen molar-refractivity contribution in [3.63, 3.8) is 0 Å². The van der Waals surface area contributed by atoms with E-state index in [4.69, 9.17) is 8.85 Å². The van der Waals surface area contributed by atoms with Crippen LogP contribution in [0.3, 0.4) is 0 Å². The molecular formula is C32H50O3SSi. The highest BCUT2D eigenvalue weighted by Gasteiger charge is 2.42. The molecule has 0 saturated carbocycles. The van der Waals surface area contributed by atoms with Crippen molar-refractivity contribution in [3.8, 4) is 5.75 Å². The quantitative estimate of drug-likeness (QED) is 0.144. The van der Waals surface area contributed by atoms with Gasteiger partial charge in [-0.3, -0.25) is 4.79 Å². The molecule has 206 valence electrons. The normalized spacial score (nSPS) is 13.9. The zero-order valence-electron chi connectivity index (χ0n) is 24.8. The Morgan fingerprint density at radius 1 is 0.865 bits per heavy atom. The number of unbranched alkanes of at least 4 members (excludes halogenated alkanes) is 4. The molecule has 0 saturated heterocycles. The van der Waals surface area contributed by atoms with Crippen LogP contribution < -0.4 is 9.61 Å². The van der Waals surface area contributed by atoms with E-state index in [-0.39, 0.29) is 15.9 Å². The molecular weight excluding hydrogens is 493 g/mol. The maximum atomic E-state index is 12.7. The molecule has 1 unspecified atom stereocenters. The lowest BCUT2D eigenvalue weighted by atomic mass is 9.80. The Labute approximate surface area is 232 Å². The predicted octanol–water partition coefficient (Wildman–Crippen LogP) is 9.05. The highest BCUT2D eigenvalue weighted by atomic mass is 32.2. The van der Waals surface area contributed by atoms with E-state index in [1.54, 1.807) is 0 Å². The molecule has 0 radical (unpaired) electrons. The van der Waals surface area contributed by atoms with Crippen molar-refractivity contribution in [2.45, 2.75) is 123 Å². The lowest BCUT2D eigenvalue weighted by molar-refractivity contribution is -0.111. The Kier molecular flexibility index (Phi) is 12.0. The van der Waals surface area contributed by atoms with Crippen LogP contribution in [0.1, 0.15) is 112 Å². The Morgan fingerprint density at radius 3 is 2.16 bits per heavy atom. The van der Waals surface area contributed by atoms with Gasteiger partial charge in [-0.05, 0) is 53.5 Å². The van der Waals surface area contributed by atoms with Gasteiger partial charge < -0.3 is 8.85 Å². The number of thioether (sulfide) groups is 1. The van der Waals surface area contributed by atoms with Crippen molar-refractivity contribution in [2.24, 2.45) is 0 Å². The minimum Gasteiger partial charge on any atom is -0.517 e. The SMILES string of the molecule is CCCCCCCC(=O)Sc1cccc([Si](CC)(OCC)Oc2ccc(C(C)(C)C)cc2C(C)(C)C)c1. The molecule has 0 N–H and O–H groups in total. The molecule has 3 nitrogen and oxygen atoms in total. The maximum absolute atomic E-state index is 12.7. The Hall–Kier alpha value is -1.56. The first-order chi connectivity index (χ1) is 17.4. The second-order valence-electron chi connectivity index (χ2n) is 12.0. The molecule has 0 aliphatic rings. The average molecular weight is 543 g/mol. The van der Waals surface area contributed by atoms with Crippen LogP contribution in [0.2, 0.25) is 6.04 Å². The molecule has 0 spiro atoms. The number of carbonyl (C=O) groups excluding carboxylic acids is 1. The lowest BCUT2D eigenvalue weighted by Crippen LogP contribution is -2.56. The third-order valence-corrected chi connectivity index (χ3v) is 11.1. The molecule has 0 aromatic heterocycles. The first-order valence-corrected chi connectivity index (χ1v) is 17.0. The monoisotopic (exact) mass is 542 g/mol. The topological polar surface area (TPSA) is 35.5 Å². The molecule has 0 bridgehead atoms. The Morgan fingerprint density at radius 2 is 1.57 bits per heavy atom. The fraction of sp³-hybridized carbons (Fsp3) is 0.594. The second-order valence-corrected chi connectivity index (χ2v) is 16.4. The molecule has 0 aliphatic heterocycles. The number of benzene rings is 2. The minimum atomic E-state index is -2.81. The van der Waals surface area contributed by atoms with Gasteiger partial charge in [-0.25, -0.2) is 0 Å². The van der Waals surface area contributed by atoms with E-state index in [1.807, 2.05) is 19.1 Å². The van der Waals surface area contributed by atoms with Crippen LogP contribution in [0, 0.1) is 0 Å². The first-order valence-electron chi connectivity index (χ1n) is 14.2. The molecule has 0 heterocycles. The second kappa shape index (κ2) is 14.0. The van der Waals surface area contributed by atoms with Crippen molar-refractivity contribution in [1.82, 2.24) is 0 Å². The van der Waals surface area contributed by atoms with E-state index >= 15 is 0 Å². The van der Waals surface area contributed by atoms with Crippen LogP contribution in [0.5, 0.6) is 5.75 Å². The van der Waals surface area contributed by atoms with E-state index in [2.05, 4.69) is 85.7 Å². The van der Waals surface area contributed by atoms with Gasteiger partial charge in [0.1, 0.15) is 5.75 Å². The Bertz CT molecular complexity index is 1010. The van der Waals surface area contributed by atoms with Crippen molar-refractivity contribution in [1.29, 1.82) is 0 Å². The smallest absolute Gasteiger partial charge is 0.433 e. The summed E-state index contributed by atoms with van der Waals surface area (Å²) in [5.74, 6) is 0.906. The van der Waals surface area contributed by atoms with E-state index in [0.29, 0.717) is 13.0 Å². The summed E-state index contributed by atoms with van der Waals surface area (Å²) < 4.78 is 13.5. The van der Waals surface area contributed by atoms with Crippen molar-refractivity contribution >= 4 is 30.6 Å². The summed E-state index contributed by atoms with van der Waals surface area (Å²) in [5.41, 5.74) is 2.49. The molecule has 0 fully saturated rings. The number of hydrogen-bond donors (Lipinski definition) is 0. The van der Waals surface area contributed by atoms with Gasteiger partial charge in [0.2, 0.25) is 0 Å². The van der Waals surface area contributed by atoms with Crippen LogP contribution in [0.4, 0.5) is 0 Å². The van der Waals surface area contributed by atoms with Gasteiger partial charge in [0.25, 0.3) is 0 Å². The van der Waals surface area contributed by atoms with Crippen LogP contribution in [-0.2, 0) is 20.1 Å². The molecule has 0 amide bonds. The van der Waals surface area contributed by atoms with Gasteiger partial charge in [0, 0.05) is 29.2 Å². The molecule has 5 heteroatoms. The third kappa shape index (κ3) is 9.29. The fourth-order valence-corrected chi connectivity index (χ4v) is 8.26. The molecule has 0 aliphatic carbocycles. The average Bonchev–Trinajstić information content (AvgIpc) is 2.82. The standard InChI is InChI=1S/C32H50O3SSi/c1-10-13-14-15-16-20-30(33)36-26-18-17-19-27(24-26)37(12-3,34-11-2)35-29-22-21-25(31(4,5)6)23-28(29)32(7,8)9/h17-19,21-24H,10-16,20H2,1-9H3. The highest BCUT2D eigenvalue weighted by Crippen LogP contribution is 2.37. The van der Waals surface area contributed by atoms with E-state index in [0.717, 1.165) is 34.7 Å². The molecule has 2 rings (SSSR count). The fourth-order valence-electron chi connectivity index (χ4n) is 4.48. The van der Waals surface area contributed by atoms with Crippen LogP contribution in [-0.4, -0.2) is 20.3 Å². The van der Waals surface area contributed by atoms with Gasteiger partial charge >= 0.3 is 8.56 Å². The van der Waals surface area contributed by atoms with Gasteiger partial charge in [-0.15, -0.1) is 0 Å². The maximum Gasteiger partial charge on any atom is 0.433 e. The molecule has 1 atom stereocenters. The lowest BCUT2D eigenvalue weighted by Gasteiger charge is -2.34. The van der Waals surface area contributed by atoms with Crippen LogP contribution in [0.15, 0.2) is 47.4 Å². The molecule has 2 aromatic rings. The summed E-state index contributed by atoms with van der Waals surface area (Å²) in [6, 6.07) is 15.7. The zero-order chi connectivity index (χ0) is 27.7. The molecule has 2 aromatic carbocycles. The van der Waals surface area contributed by atoms with Crippen molar-refractivity contribution < 1.29 is 13.6 Å². The zero-order valence-corrected chi connectivity index (χ0v) is 26.6. The molecule has 37 heavy (non-hydrogen) atoms. The van der Waals surface area contributed by atoms with Crippen molar-refractivity contribution in [3.05, 3.63) is 53.6 Å². The van der Waals surface area contributed by atoms with Gasteiger partial charge in [-0.2, -0.15) is 0 Å². The van der Waals surface area contributed by atoms with Crippen LogP contribution in [0.25, 0.3) is 0 Å². The predicted molar refractivity (Wildman–Crippen MR) is 163 cm³/mol. The minimum absolute atomic E-state index is 0.0613. The summed E-state index contributed by atoms with van der Waals surface area (Å²) >= 11 is 1.36. The van der Waals surface area contributed by atoms with Gasteiger partial charge in [-0.1, -0.05) is 117 Å². The summed E-state index contributed by atoms with van der Waals surface area (Å²) in [6.45, 7) is 20.4. The van der Waals surface area contributed by atoms with E-state index in [1.165, 1.54) is 42.2 Å². The number of carbonyl (C=O) groups is 1. The summed E-state index contributed by atoms with van der Waals surface area (Å²) in [7, 11) is -2.81. The van der Waals surface area contributed by atoms with E-state index < -0.39 is 8.56 Å². The van der Waals surface area contributed by atoms with Crippen LogP contribution >= 0.6 is 11.8 Å². The number of hydrogen-bond acceptors (Lipinski definition) is 4. The van der Waals surface area contributed by atoms with E-state index in [9.17, 15) is 4.79 Å².